The minimum absolute atomic E-state index is 0.0242. The molecule has 0 spiro atoms. The molecule has 9 nitrogen and oxygen atoms in total. The lowest BCUT2D eigenvalue weighted by Gasteiger charge is -2.40. The first kappa shape index (κ1) is 38.5. The normalized spacial score (nSPS) is 20.6. The monoisotopic (exact) mass is 770 g/mol. The van der Waals surface area contributed by atoms with Crippen LogP contribution >= 0.6 is 34.8 Å². The number of methoxy groups -OCH3 is 1. The summed E-state index contributed by atoms with van der Waals surface area (Å²) in [5.41, 5.74) is 3.34. The van der Waals surface area contributed by atoms with Crippen molar-refractivity contribution in [1.29, 1.82) is 0 Å². The molecule has 3 aliphatic rings. The van der Waals surface area contributed by atoms with Gasteiger partial charge in [0.25, 0.3) is 0 Å². The van der Waals surface area contributed by atoms with Crippen molar-refractivity contribution in [3.05, 3.63) is 86.0 Å². The number of pyridine rings is 1. The van der Waals surface area contributed by atoms with Gasteiger partial charge in [0.2, 0.25) is 5.91 Å². The summed E-state index contributed by atoms with van der Waals surface area (Å²) in [5, 5.41) is 1.65. The topological polar surface area (TPSA) is 84.4 Å². The number of carbonyl (C=O) groups is 2. The van der Waals surface area contributed by atoms with Gasteiger partial charge in [0, 0.05) is 62.9 Å². The number of rotatable bonds is 11. The summed E-state index contributed by atoms with van der Waals surface area (Å²) in [6.07, 6.45) is 5.47. The Morgan fingerprint density at radius 2 is 1.69 bits per heavy atom. The van der Waals surface area contributed by atoms with Gasteiger partial charge in [-0.05, 0) is 99.9 Å². The Hall–Kier alpha value is -3.24. The average molecular weight is 772 g/mol. The number of benzene rings is 2. The van der Waals surface area contributed by atoms with Gasteiger partial charge in [0.15, 0.2) is 5.75 Å². The van der Waals surface area contributed by atoms with Crippen LogP contribution in [-0.2, 0) is 27.2 Å². The maximum Gasteiger partial charge on any atom is 0.410 e. The maximum absolute atomic E-state index is 14.7. The van der Waals surface area contributed by atoms with Crippen LogP contribution in [0.2, 0.25) is 15.1 Å². The number of likely N-dealkylation sites (tertiary alicyclic amines) is 1. The SMILES string of the molecule is COCCc1ccc(Cl)c(CN(C(=O)C2CN(C(=O)OC(C)(C)C)CCC2c2ccc(N3CC[C@H](Oc4c(Cl)cc(C)cc4Cl)C3)nc2)C2CC2)c1. The lowest BCUT2D eigenvalue weighted by molar-refractivity contribution is -0.139. The second-order valence-electron chi connectivity index (χ2n) is 15.3. The minimum atomic E-state index is -0.643. The van der Waals surface area contributed by atoms with Gasteiger partial charge in [-0.3, -0.25) is 4.79 Å². The zero-order chi connectivity index (χ0) is 37.2. The van der Waals surface area contributed by atoms with Gasteiger partial charge in [-0.1, -0.05) is 53.0 Å². The van der Waals surface area contributed by atoms with E-state index in [2.05, 4.69) is 17.0 Å². The lowest BCUT2D eigenvalue weighted by Crippen LogP contribution is -2.51. The Morgan fingerprint density at radius 1 is 0.942 bits per heavy atom. The van der Waals surface area contributed by atoms with Crippen molar-refractivity contribution in [2.24, 2.45) is 5.92 Å². The van der Waals surface area contributed by atoms with Gasteiger partial charge in [0.1, 0.15) is 17.5 Å². The van der Waals surface area contributed by atoms with E-state index in [1.54, 1.807) is 12.0 Å². The van der Waals surface area contributed by atoms with E-state index in [1.807, 2.05) is 69.1 Å². The second-order valence-corrected chi connectivity index (χ2v) is 16.5. The van der Waals surface area contributed by atoms with E-state index in [0.29, 0.717) is 53.5 Å². The first-order valence-electron chi connectivity index (χ1n) is 18.2. The van der Waals surface area contributed by atoms with Crippen LogP contribution < -0.4 is 9.64 Å². The fourth-order valence-corrected chi connectivity index (χ4v) is 8.05. The number of carbonyl (C=O) groups excluding carboxylic acids is 2. The van der Waals surface area contributed by atoms with Crippen LogP contribution in [0.3, 0.4) is 0 Å². The molecule has 0 N–H and O–H groups in total. The molecule has 1 saturated carbocycles. The largest absolute Gasteiger partial charge is 0.485 e. The minimum Gasteiger partial charge on any atom is -0.485 e. The number of piperidine rings is 1. The molecule has 3 aromatic rings. The van der Waals surface area contributed by atoms with E-state index in [4.69, 9.17) is 54.0 Å². The van der Waals surface area contributed by atoms with Crippen molar-refractivity contribution in [2.45, 2.75) is 90.0 Å². The third-order valence-electron chi connectivity index (χ3n) is 9.99. The fourth-order valence-electron chi connectivity index (χ4n) is 7.19. The molecular formula is C40H49Cl3N4O5. The number of aromatic nitrogens is 1. The highest BCUT2D eigenvalue weighted by Gasteiger charge is 2.43. The van der Waals surface area contributed by atoms with Gasteiger partial charge < -0.3 is 28.9 Å². The number of amides is 2. The van der Waals surface area contributed by atoms with Gasteiger partial charge in [0.05, 0.1) is 29.1 Å². The fraction of sp³-hybridized carbons (Fsp3) is 0.525. The molecular weight excluding hydrogens is 723 g/mol. The molecule has 3 fully saturated rings. The van der Waals surface area contributed by atoms with Crippen molar-refractivity contribution in [3.8, 4) is 5.75 Å². The van der Waals surface area contributed by atoms with Crippen molar-refractivity contribution < 1.29 is 23.8 Å². The molecule has 6 rings (SSSR count). The smallest absolute Gasteiger partial charge is 0.410 e. The predicted molar refractivity (Wildman–Crippen MR) is 206 cm³/mol. The standard InChI is InChI=1S/C40H49Cl3N4O5/c1-25-18-34(42)37(35(43)19-25)51-30-12-15-45(23-30)36-11-7-27(21-44-36)31-13-16-46(39(49)52-40(2,3)4)24-32(31)38(48)47(29-8-9-29)22-28-20-26(14-17-50-5)6-10-33(28)41/h6-7,10-11,18-21,29-32H,8-9,12-17,22-24H2,1-5H3/t30-,31?,32?/m0/s1. The first-order valence-corrected chi connectivity index (χ1v) is 19.3. The molecule has 2 unspecified atom stereocenters. The lowest BCUT2D eigenvalue weighted by atomic mass is 9.80. The van der Waals surface area contributed by atoms with Crippen LogP contribution in [0.4, 0.5) is 10.6 Å². The highest BCUT2D eigenvalue weighted by Crippen LogP contribution is 2.40. The molecule has 2 aromatic carbocycles. The summed E-state index contributed by atoms with van der Waals surface area (Å²) in [6, 6.07) is 13.9. The Bertz CT molecular complexity index is 1720. The summed E-state index contributed by atoms with van der Waals surface area (Å²) in [6.45, 7) is 10.7. The number of hydrogen-bond acceptors (Lipinski definition) is 7. The molecule has 1 aromatic heterocycles. The third-order valence-corrected chi connectivity index (χ3v) is 10.9. The summed E-state index contributed by atoms with van der Waals surface area (Å²) < 4.78 is 17.3. The highest BCUT2D eigenvalue weighted by molar-refractivity contribution is 6.37. The second kappa shape index (κ2) is 16.4. The molecule has 2 amide bonds. The Balaban J connectivity index is 1.20. The first-order chi connectivity index (χ1) is 24.8. The van der Waals surface area contributed by atoms with Gasteiger partial charge >= 0.3 is 6.09 Å². The van der Waals surface area contributed by atoms with Crippen molar-refractivity contribution in [3.63, 3.8) is 0 Å². The predicted octanol–water partition coefficient (Wildman–Crippen LogP) is 8.73. The molecule has 280 valence electrons. The molecule has 3 atom stereocenters. The van der Waals surface area contributed by atoms with Crippen LogP contribution in [0.25, 0.3) is 0 Å². The Labute approximate surface area is 322 Å². The summed E-state index contributed by atoms with van der Waals surface area (Å²) in [4.78, 5) is 38.8. The average Bonchev–Trinajstić information content (AvgIpc) is 3.84. The van der Waals surface area contributed by atoms with Crippen molar-refractivity contribution in [1.82, 2.24) is 14.8 Å². The molecule has 12 heteroatoms. The molecule has 2 saturated heterocycles. The van der Waals surface area contributed by atoms with Gasteiger partial charge in [-0.15, -0.1) is 0 Å². The zero-order valence-corrected chi connectivity index (χ0v) is 32.9. The molecule has 1 aliphatic carbocycles. The van der Waals surface area contributed by atoms with E-state index in [9.17, 15) is 9.59 Å². The third kappa shape index (κ3) is 9.46. The van der Waals surface area contributed by atoms with Crippen molar-refractivity contribution >= 4 is 52.6 Å². The summed E-state index contributed by atoms with van der Waals surface area (Å²) >= 11 is 19.6. The zero-order valence-electron chi connectivity index (χ0n) is 30.7. The molecule has 3 heterocycles. The maximum atomic E-state index is 14.7. The highest BCUT2D eigenvalue weighted by atomic mass is 35.5. The summed E-state index contributed by atoms with van der Waals surface area (Å²) in [5.74, 6) is 0.777. The van der Waals surface area contributed by atoms with E-state index >= 15 is 0 Å². The van der Waals surface area contributed by atoms with E-state index in [0.717, 1.165) is 60.3 Å². The van der Waals surface area contributed by atoms with Crippen LogP contribution in [-0.4, -0.2) is 84.4 Å². The number of anilines is 1. The Kier molecular flexibility index (Phi) is 12.1. The van der Waals surface area contributed by atoms with Crippen LogP contribution in [0.15, 0.2) is 48.7 Å². The molecule has 2 aliphatic heterocycles. The number of hydrogen-bond donors (Lipinski definition) is 0. The quantitative estimate of drug-likeness (QED) is 0.193. The number of ether oxygens (including phenoxy) is 3. The molecule has 52 heavy (non-hydrogen) atoms. The number of nitrogens with zero attached hydrogens (tertiary/aromatic N) is 4. The van der Waals surface area contributed by atoms with Crippen molar-refractivity contribution in [2.75, 3.05) is 44.8 Å². The van der Waals surface area contributed by atoms with E-state index < -0.39 is 17.6 Å². The number of halogens is 3. The van der Waals surface area contributed by atoms with E-state index in [-0.39, 0.29) is 30.5 Å². The van der Waals surface area contributed by atoms with Crippen LogP contribution in [0.5, 0.6) is 5.75 Å². The number of aryl methyl sites for hydroxylation is 1. The van der Waals surface area contributed by atoms with Crippen LogP contribution in [0.1, 0.15) is 74.6 Å². The van der Waals surface area contributed by atoms with Gasteiger partial charge in [-0.25, -0.2) is 9.78 Å². The Morgan fingerprint density at radius 3 is 2.35 bits per heavy atom. The summed E-state index contributed by atoms with van der Waals surface area (Å²) in [7, 11) is 1.69. The molecule has 0 bridgehead atoms. The van der Waals surface area contributed by atoms with Gasteiger partial charge in [-0.2, -0.15) is 0 Å². The van der Waals surface area contributed by atoms with E-state index in [1.165, 1.54) is 0 Å². The van der Waals surface area contributed by atoms with Crippen LogP contribution in [0, 0.1) is 12.8 Å². The molecule has 0 radical (unpaired) electrons.